The highest BCUT2D eigenvalue weighted by Crippen LogP contribution is 2.23. The monoisotopic (exact) mass is 359 g/mol. The number of amidine groups is 1. The van der Waals surface area contributed by atoms with Crippen molar-refractivity contribution in [2.75, 3.05) is 0 Å². The lowest BCUT2D eigenvalue weighted by Crippen LogP contribution is -2.81. The molecular weight excluding hydrogens is 342 g/mol. The minimum Gasteiger partial charge on any atom is -0.606 e. The van der Waals surface area contributed by atoms with Crippen molar-refractivity contribution in [1.29, 1.82) is 0 Å². The Morgan fingerprint density at radius 1 is 1.28 bits per heavy atom. The zero-order valence-electron chi connectivity index (χ0n) is 13.6. The van der Waals surface area contributed by atoms with Crippen molar-refractivity contribution < 1.29 is 15.3 Å². The number of nitrogens with one attached hydrogen (secondary N) is 1. The molecular formula is C17H18ClN5O2. The lowest BCUT2D eigenvalue weighted by Gasteiger charge is -2.23. The summed E-state index contributed by atoms with van der Waals surface area (Å²) in [5, 5.41) is 8.83. The molecule has 1 aliphatic rings. The lowest BCUT2D eigenvalue weighted by atomic mass is 10.2. The minimum absolute atomic E-state index is 0.198. The molecule has 0 aliphatic carbocycles. The summed E-state index contributed by atoms with van der Waals surface area (Å²) in [7, 11) is 0. The van der Waals surface area contributed by atoms with Crippen LogP contribution in [0.25, 0.3) is 5.32 Å². The fourth-order valence-corrected chi connectivity index (χ4v) is 2.31. The summed E-state index contributed by atoms with van der Waals surface area (Å²) >= 11 is 6.13. The maximum absolute atomic E-state index is 6.13. The molecule has 0 atom stereocenters. The first-order chi connectivity index (χ1) is 12.1. The lowest BCUT2D eigenvalue weighted by molar-refractivity contribution is -0.864. The van der Waals surface area contributed by atoms with Crippen LogP contribution in [0.4, 0.5) is 5.69 Å². The van der Waals surface area contributed by atoms with Crippen LogP contribution in [0.5, 0.6) is 0 Å². The number of nitrogens with two attached hydrogens (primary N) is 2. The Hall–Kier alpha value is -2.74. The molecule has 130 valence electrons. The van der Waals surface area contributed by atoms with Crippen LogP contribution in [0.2, 0.25) is 5.02 Å². The van der Waals surface area contributed by atoms with Gasteiger partial charge in [-0.2, -0.15) is 15.8 Å². The number of aryl methyl sites for hydroxylation is 1. The Morgan fingerprint density at radius 2 is 2.04 bits per heavy atom. The fourth-order valence-electron chi connectivity index (χ4n) is 2.12. The highest BCUT2D eigenvalue weighted by atomic mass is 35.5. The van der Waals surface area contributed by atoms with Crippen LogP contribution in [0.1, 0.15) is 11.1 Å². The standard InChI is InChI=1S/C17H17ClN5O2/c1-11-6-8-13(9-7-11)20-17(15-16(19)22-25-21-15)23-24-10-12-4-2-3-5-14(12)18/h2-9,21,23H,10H2,1H3,(H2,19,22)/q-1/p+1. The molecule has 2 aromatic rings. The molecule has 0 amide bonds. The van der Waals surface area contributed by atoms with Gasteiger partial charge in [-0.15, -0.1) is 5.69 Å². The van der Waals surface area contributed by atoms with E-state index in [1.807, 2.05) is 55.5 Å². The highest BCUT2D eigenvalue weighted by Gasteiger charge is 2.16. The predicted octanol–water partition coefficient (Wildman–Crippen LogP) is 2.32. The summed E-state index contributed by atoms with van der Waals surface area (Å²) in [5.74, 6) is 0.665. The van der Waals surface area contributed by atoms with Crippen molar-refractivity contribution in [3.63, 3.8) is 0 Å². The van der Waals surface area contributed by atoms with E-state index in [0.717, 1.165) is 16.8 Å². The molecule has 0 saturated carbocycles. The Labute approximate surface area is 150 Å². The second-order valence-electron chi connectivity index (χ2n) is 5.40. The molecule has 0 saturated heterocycles. The van der Waals surface area contributed by atoms with Crippen molar-refractivity contribution in [2.24, 2.45) is 10.9 Å². The average molecular weight is 360 g/mol. The van der Waals surface area contributed by atoms with E-state index in [2.05, 4.69) is 16.0 Å². The number of rotatable bonds is 6. The molecule has 1 heterocycles. The van der Waals surface area contributed by atoms with Gasteiger partial charge in [-0.05, 0) is 18.1 Å². The first-order valence-corrected chi connectivity index (χ1v) is 7.98. The maximum atomic E-state index is 6.13. The van der Waals surface area contributed by atoms with Gasteiger partial charge < -0.3 is 11.1 Å². The van der Waals surface area contributed by atoms with Gasteiger partial charge in [0.25, 0.3) is 0 Å². The van der Waals surface area contributed by atoms with Gasteiger partial charge in [0.2, 0.25) is 0 Å². The second-order valence-corrected chi connectivity index (χ2v) is 5.80. The van der Waals surface area contributed by atoms with Crippen molar-refractivity contribution in [3.8, 4) is 0 Å². The van der Waals surface area contributed by atoms with Crippen LogP contribution >= 0.6 is 11.6 Å². The number of hydrogen-bond acceptors (Lipinski definition) is 5. The molecule has 7 nitrogen and oxygen atoms in total. The third kappa shape index (κ3) is 4.42. The van der Waals surface area contributed by atoms with Crippen LogP contribution in [-0.2, 0) is 16.4 Å². The number of hydroxylamine groups is 2. The Kier molecular flexibility index (Phi) is 5.39. The number of nitrogens with zero attached hydrogens (tertiary/aromatic N) is 2. The third-order valence-corrected chi connectivity index (χ3v) is 3.85. The zero-order valence-corrected chi connectivity index (χ0v) is 14.3. The summed E-state index contributed by atoms with van der Waals surface area (Å²) in [6.45, 7) is 2.32. The molecule has 0 radical (unpaired) electrons. The first kappa shape index (κ1) is 17.1. The molecule has 2 aromatic carbocycles. The van der Waals surface area contributed by atoms with Gasteiger partial charge in [0.05, 0.1) is 5.82 Å². The van der Waals surface area contributed by atoms with E-state index >= 15 is 0 Å². The number of halogens is 1. The normalized spacial score (nSPS) is 15.2. The van der Waals surface area contributed by atoms with Gasteiger partial charge in [0.15, 0.2) is 11.5 Å². The molecule has 0 bridgehead atoms. The molecule has 0 fully saturated rings. The second kappa shape index (κ2) is 7.89. The molecule has 0 spiro atoms. The molecule has 1 aliphatic heterocycles. The maximum Gasteiger partial charge on any atom is 0.197 e. The zero-order chi connectivity index (χ0) is 17.6. The van der Waals surface area contributed by atoms with Crippen LogP contribution in [0.15, 0.2) is 65.2 Å². The van der Waals surface area contributed by atoms with E-state index in [1.165, 1.54) is 5.48 Å². The molecule has 5 N–H and O–H groups in total. The topological polar surface area (TPSA) is 99.6 Å². The van der Waals surface area contributed by atoms with Crippen LogP contribution < -0.4 is 16.7 Å². The number of benzene rings is 2. The molecule has 0 unspecified atom stereocenters. The number of quaternary nitrogens is 1. The Balaban J connectivity index is 1.72. The van der Waals surface area contributed by atoms with Gasteiger partial charge in [-0.3, -0.25) is 4.94 Å². The number of oxime groups is 1. The average Bonchev–Trinajstić information content (AvgIpc) is 3.03. The summed E-state index contributed by atoms with van der Waals surface area (Å²) in [5.41, 5.74) is 13.2. The summed E-state index contributed by atoms with van der Waals surface area (Å²) in [6.07, 6.45) is 0. The van der Waals surface area contributed by atoms with Gasteiger partial charge in [-0.1, -0.05) is 59.6 Å². The van der Waals surface area contributed by atoms with Crippen LogP contribution in [-0.4, -0.2) is 5.84 Å². The smallest absolute Gasteiger partial charge is 0.197 e. The molecule has 25 heavy (non-hydrogen) atoms. The number of hydrogen-bond donors (Lipinski definition) is 3. The van der Waals surface area contributed by atoms with E-state index in [4.69, 9.17) is 27.1 Å². The predicted molar refractivity (Wildman–Crippen MR) is 95.2 cm³/mol. The molecule has 0 aromatic heterocycles. The van der Waals surface area contributed by atoms with Crippen molar-refractivity contribution in [2.45, 2.75) is 13.5 Å². The largest absolute Gasteiger partial charge is 0.606 e. The van der Waals surface area contributed by atoms with E-state index in [1.54, 1.807) is 0 Å². The van der Waals surface area contributed by atoms with Gasteiger partial charge in [0, 0.05) is 10.6 Å². The van der Waals surface area contributed by atoms with E-state index in [0.29, 0.717) is 23.1 Å². The summed E-state index contributed by atoms with van der Waals surface area (Å²) in [6, 6.07) is 15.2. The molecule has 3 rings (SSSR count). The van der Waals surface area contributed by atoms with Gasteiger partial charge in [0.1, 0.15) is 6.61 Å². The van der Waals surface area contributed by atoms with Crippen molar-refractivity contribution >= 4 is 23.1 Å². The quantitative estimate of drug-likeness (QED) is 0.689. The summed E-state index contributed by atoms with van der Waals surface area (Å²) in [4.78, 5) is 10.4. The van der Waals surface area contributed by atoms with E-state index in [-0.39, 0.29) is 5.84 Å². The first-order valence-electron chi connectivity index (χ1n) is 7.60. The Bertz CT molecular complexity index is 805. The van der Waals surface area contributed by atoms with Crippen LogP contribution in [0.3, 0.4) is 0 Å². The van der Waals surface area contributed by atoms with Crippen molar-refractivity contribution in [3.05, 3.63) is 81.5 Å². The van der Waals surface area contributed by atoms with Crippen LogP contribution in [0, 0.1) is 6.92 Å². The third-order valence-electron chi connectivity index (χ3n) is 3.48. The van der Waals surface area contributed by atoms with Gasteiger partial charge in [-0.25, -0.2) is 0 Å². The minimum atomic E-state index is 0.198. The summed E-state index contributed by atoms with van der Waals surface area (Å²) < 4.78 is 0. The van der Waals surface area contributed by atoms with Crippen molar-refractivity contribution in [1.82, 2.24) is 5.48 Å². The SMILES string of the molecule is Cc1ccc([N-]C([NH2+]OCc2ccccc2Cl)=C2NON=C2N)cc1. The molecule has 8 heteroatoms. The van der Waals surface area contributed by atoms with E-state index in [9.17, 15) is 0 Å². The van der Waals surface area contributed by atoms with Gasteiger partial charge >= 0.3 is 0 Å². The highest BCUT2D eigenvalue weighted by molar-refractivity contribution is 6.31. The van der Waals surface area contributed by atoms with E-state index < -0.39 is 0 Å². The Morgan fingerprint density at radius 3 is 2.72 bits per heavy atom. The fraction of sp³-hybridized carbons (Fsp3) is 0.118.